The van der Waals surface area contributed by atoms with Gasteiger partial charge < -0.3 is 10.0 Å². The highest BCUT2D eigenvalue weighted by atomic mass is 32.2. The molecule has 1 fully saturated rings. The van der Waals surface area contributed by atoms with Gasteiger partial charge in [-0.1, -0.05) is 0 Å². The van der Waals surface area contributed by atoms with Crippen LogP contribution < -0.4 is 0 Å². The van der Waals surface area contributed by atoms with Crippen LogP contribution in [-0.2, 0) is 19.6 Å². The van der Waals surface area contributed by atoms with Gasteiger partial charge in [0.2, 0.25) is 5.91 Å². The number of hydrogen-bond donors (Lipinski definition) is 2. The maximum atomic E-state index is 12.3. The fourth-order valence-electron chi connectivity index (χ4n) is 2.02. The molecular weight excluding hydrogens is 332 g/mol. The second-order valence-corrected chi connectivity index (χ2v) is 7.48. The quantitative estimate of drug-likeness (QED) is 0.680. The number of nitrogens with one attached hydrogen (secondary N) is 1. The molecule has 122 valence electrons. The molecule has 0 radical (unpaired) electrons. The number of amides is 1. The number of aromatic amines is 1. The molecule has 0 atom stereocenters. The Labute approximate surface area is 131 Å². The van der Waals surface area contributed by atoms with Crippen molar-refractivity contribution >= 4 is 33.7 Å². The third-order valence-electron chi connectivity index (χ3n) is 3.14. The Bertz CT molecular complexity index is 623. The van der Waals surface area contributed by atoms with Crippen LogP contribution in [0, 0.1) is 0 Å². The molecule has 2 rings (SSSR count). The van der Waals surface area contributed by atoms with Gasteiger partial charge in [-0.05, 0) is 6.07 Å². The fourth-order valence-corrected chi connectivity index (χ4v) is 3.98. The molecule has 1 aromatic heterocycles. The summed E-state index contributed by atoms with van der Waals surface area (Å²) in [6.45, 7) is 0.993. The van der Waals surface area contributed by atoms with Gasteiger partial charge in [-0.2, -0.15) is 9.40 Å². The average Bonchev–Trinajstić information content (AvgIpc) is 3.02. The lowest BCUT2D eigenvalue weighted by Gasteiger charge is -2.33. The fraction of sp³-hybridized carbons (Fsp3) is 0.545. The van der Waals surface area contributed by atoms with E-state index < -0.39 is 16.0 Å². The van der Waals surface area contributed by atoms with E-state index in [2.05, 4.69) is 10.2 Å². The van der Waals surface area contributed by atoms with E-state index in [1.54, 1.807) is 4.90 Å². The van der Waals surface area contributed by atoms with Crippen molar-refractivity contribution in [2.24, 2.45) is 0 Å². The lowest BCUT2D eigenvalue weighted by atomic mass is 10.3. The molecule has 1 aliphatic heterocycles. The summed E-state index contributed by atoms with van der Waals surface area (Å²) < 4.78 is 25.8. The van der Waals surface area contributed by atoms with Gasteiger partial charge in [0.25, 0.3) is 10.0 Å². The van der Waals surface area contributed by atoms with E-state index in [-0.39, 0.29) is 35.5 Å². The summed E-state index contributed by atoms with van der Waals surface area (Å²) in [5.74, 6) is -1.18. The molecule has 11 heteroatoms. The van der Waals surface area contributed by atoms with E-state index in [9.17, 15) is 18.0 Å². The second kappa shape index (κ2) is 7.11. The van der Waals surface area contributed by atoms with Gasteiger partial charge in [-0.15, -0.1) is 11.8 Å². The first kappa shape index (κ1) is 16.8. The van der Waals surface area contributed by atoms with Crippen molar-refractivity contribution in [1.29, 1.82) is 0 Å². The number of aromatic nitrogens is 2. The summed E-state index contributed by atoms with van der Waals surface area (Å²) in [5, 5.41) is 14.6. The van der Waals surface area contributed by atoms with Crippen LogP contribution in [0.25, 0.3) is 0 Å². The Hall–Kier alpha value is -1.59. The Morgan fingerprint density at radius 3 is 2.50 bits per heavy atom. The first-order valence-corrected chi connectivity index (χ1v) is 9.07. The van der Waals surface area contributed by atoms with Crippen molar-refractivity contribution in [3.63, 3.8) is 0 Å². The van der Waals surface area contributed by atoms with E-state index in [1.165, 1.54) is 16.6 Å². The van der Waals surface area contributed by atoms with Crippen molar-refractivity contribution in [2.75, 3.05) is 37.7 Å². The monoisotopic (exact) mass is 348 g/mol. The predicted molar refractivity (Wildman–Crippen MR) is 78.9 cm³/mol. The second-order valence-electron chi connectivity index (χ2n) is 4.59. The molecule has 0 saturated carbocycles. The number of thioether (sulfide) groups is 1. The maximum absolute atomic E-state index is 12.3. The lowest BCUT2D eigenvalue weighted by Crippen LogP contribution is -2.51. The van der Waals surface area contributed by atoms with Gasteiger partial charge in [-0.3, -0.25) is 14.7 Å². The van der Waals surface area contributed by atoms with Gasteiger partial charge in [0.05, 0.1) is 17.7 Å². The zero-order valence-corrected chi connectivity index (χ0v) is 13.3. The van der Waals surface area contributed by atoms with E-state index in [1.807, 2.05) is 0 Å². The summed E-state index contributed by atoms with van der Waals surface area (Å²) in [7, 11) is -3.60. The molecule has 0 aliphatic carbocycles. The van der Waals surface area contributed by atoms with Crippen LogP contribution in [0.5, 0.6) is 0 Å². The largest absolute Gasteiger partial charge is 0.481 e. The SMILES string of the molecule is O=C(O)CSCC(=O)N1CCN(S(=O)(=O)c2ccn[nH]2)CC1. The first-order valence-electron chi connectivity index (χ1n) is 6.48. The molecule has 1 saturated heterocycles. The van der Waals surface area contributed by atoms with Crippen molar-refractivity contribution in [1.82, 2.24) is 19.4 Å². The molecule has 9 nitrogen and oxygen atoms in total. The number of aliphatic carboxylic acids is 1. The van der Waals surface area contributed by atoms with Crippen molar-refractivity contribution in [3.05, 3.63) is 12.3 Å². The number of hydrogen-bond acceptors (Lipinski definition) is 6. The molecule has 0 spiro atoms. The smallest absolute Gasteiger partial charge is 0.313 e. The Balaban J connectivity index is 1.85. The molecule has 1 amide bonds. The number of piperazine rings is 1. The summed E-state index contributed by atoms with van der Waals surface area (Å²) in [4.78, 5) is 23.8. The van der Waals surface area contributed by atoms with E-state index in [4.69, 9.17) is 5.11 Å². The normalized spacial score (nSPS) is 16.6. The van der Waals surface area contributed by atoms with Gasteiger partial charge >= 0.3 is 5.97 Å². The van der Waals surface area contributed by atoms with Gasteiger partial charge in [0.15, 0.2) is 5.03 Å². The maximum Gasteiger partial charge on any atom is 0.313 e. The Morgan fingerprint density at radius 2 is 1.95 bits per heavy atom. The predicted octanol–water partition coefficient (Wildman–Crippen LogP) is -0.940. The Kier molecular flexibility index (Phi) is 5.42. The molecule has 1 aliphatic rings. The van der Waals surface area contributed by atoms with Crippen LogP contribution in [0.2, 0.25) is 0 Å². The third kappa shape index (κ3) is 3.99. The lowest BCUT2D eigenvalue weighted by molar-refractivity contribution is -0.133. The summed E-state index contributed by atoms with van der Waals surface area (Å²) in [5.41, 5.74) is 0. The zero-order chi connectivity index (χ0) is 16.2. The highest BCUT2D eigenvalue weighted by molar-refractivity contribution is 8.00. The van der Waals surface area contributed by atoms with Gasteiger partial charge in [-0.25, -0.2) is 8.42 Å². The number of H-pyrrole nitrogens is 1. The number of nitrogens with zero attached hydrogens (tertiary/aromatic N) is 3. The molecule has 0 bridgehead atoms. The van der Waals surface area contributed by atoms with Crippen LogP contribution in [0.3, 0.4) is 0 Å². The standard InChI is InChI=1S/C11H16N4O5S2/c16-10(7-21-8-11(17)18)14-3-5-15(6-4-14)22(19,20)9-1-2-12-13-9/h1-2H,3-8H2,(H,12,13)(H,17,18). The van der Waals surface area contributed by atoms with Crippen LogP contribution in [0.1, 0.15) is 0 Å². The number of sulfonamides is 1. The van der Waals surface area contributed by atoms with Crippen molar-refractivity contribution in [3.8, 4) is 0 Å². The number of carbonyl (C=O) groups excluding carboxylic acids is 1. The minimum Gasteiger partial charge on any atom is -0.481 e. The number of carboxylic acids is 1. The molecule has 2 heterocycles. The third-order valence-corrected chi connectivity index (χ3v) is 5.87. The Morgan fingerprint density at radius 1 is 1.27 bits per heavy atom. The van der Waals surface area contributed by atoms with Gasteiger partial charge in [0.1, 0.15) is 0 Å². The highest BCUT2D eigenvalue weighted by Gasteiger charge is 2.30. The summed E-state index contributed by atoms with van der Waals surface area (Å²) in [6.07, 6.45) is 1.37. The zero-order valence-electron chi connectivity index (χ0n) is 11.6. The average molecular weight is 348 g/mol. The summed E-state index contributed by atoms with van der Waals surface area (Å²) in [6, 6.07) is 1.38. The molecule has 2 N–H and O–H groups in total. The van der Waals surface area contributed by atoms with Crippen LogP contribution >= 0.6 is 11.8 Å². The van der Waals surface area contributed by atoms with Crippen LogP contribution in [0.15, 0.2) is 17.3 Å². The number of carboxylic acid groups (broad SMARTS) is 1. The summed E-state index contributed by atoms with van der Waals surface area (Å²) >= 11 is 1.03. The molecule has 1 aromatic rings. The van der Waals surface area contributed by atoms with Crippen molar-refractivity contribution < 1.29 is 23.1 Å². The molecular formula is C11H16N4O5S2. The number of rotatable bonds is 6. The van der Waals surface area contributed by atoms with Crippen LogP contribution in [0.4, 0.5) is 0 Å². The number of carbonyl (C=O) groups is 2. The minimum absolute atomic E-state index is 0.0318. The molecule has 0 unspecified atom stereocenters. The highest BCUT2D eigenvalue weighted by Crippen LogP contribution is 2.15. The molecule has 0 aromatic carbocycles. The van der Waals surface area contributed by atoms with E-state index in [0.29, 0.717) is 13.1 Å². The minimum atomic E-state index is -3.60. The first-order chi connectivity index (χ1) is 10.4. The van der Waals surface area contributed by atoms with Gasteiger partial charge in [0, 0.05) is 26.2 Å². The van der Waals surface area contributed by atoms with Crippen molar-refractivity contribution in [2.45, 2.75) is 5.03 Å². The topological polar surface area (TPSA) is 124 Å². The molecule has 22 heavy (non-hydrogen) atoms. The van der Waals surface area contributed by atoms with E-state index in [0.717, 1.165) is 11.8 Å². The van der Waals surface area contributed by atoms with E-state index >= 15 is 0 Å². The van der Waals surface area contributed by atoms with Crippen LogP contribution in [-0.4, -0.2) is 82.5 Å².